The minimum absolute atomic E-state index is 0. The van der Waals surface area contributed by atoms with Gasteiger partial charge >= 0.3 is 0 Å². The van der Waals surface area contributed by atoms with Gasteiger partial charge in [0.2, 0.25) is 0 Å². The summed E-state index contributed by atoms with van der Waals surface area (Å²) in [5.41, 5.74) is 0. The van der Waals surface area contributed by atoms with E-state index in [-0.39, 0.29) is 18.9 Å². The Balaban J connectivity index is 0. The Morgan fingerprint density at radius 1 is 1.40 bits per heavy atom. The quantitative estimate of drug-likeness (QED) is 0.366. The molecule has 0 aliphatic carbocycles. The molecule has 3 heteroatoms. The van der Waals surface area contributed by atoms with Crippen LogP contribution in [0.4, 0.5) is 0 Å². The average molecular weight is 85.1 g/mol. The Hall–Kier alpha value is 0.747. The van der Waals surface area contributed by atoms with Gasteiger partial charge in [0.15, 0.2) is 0 Å². The summed E-state index contributed by atoms with van der Waals surface area (Å²) in [6.45, 7) is 0. The van der Waals surface area contributed by atoms with Gasteiger partial charge in [-0.2, -0.15) is 0 Å². The summed E-state index contributed by atoms with van der Waals surface area (Å²) in [4.78, 5) is 0. The maximum atomic E-state index is 9.56. The molecule has 0 unspecified atom stereocenters. The maximum absolute atomic E-state index is 9.56. The Kier molecular flexibility index (Phi) is 8.76. The molecule has 0 N–H and O–H groups in total. The van der Waals surface area contributed by atoms with Crippen LogP contribution in [0.15, 0.2) is 0 Å². The number of hydrogen-bond donors (Lipinski definition) is 0. The van der Waals surface area contributed by atoms with E-state index in [1.165, 1.54) is 0 Å². The number of rotatable bonds is 0. The van der Waals surface area contributed by atoms with Gasteiger partial charge in [-0.05, 0) is 0 Å². The zero-order valence-electron chi connectivity index (χ0n) is 3.82. The fourth-order valence-electron chi connectivity index (χ4n) is 0. The van der Waals surface area contributed by atoms with Crippen LogP contribution in [0.5, 0.6) is 0 Å². The molecule has 0 fully saturated rings. The molecule has 5 heavy (non-hydrogen) atoms. The summed E-state index contributed by atoms with van der Waals surface area (Å²) in [5.74, 6) is 0. The van der Waals surface area contributed by atoms with Gasteiger partial charge < -0.3 is 0 Å². The van der Waals surface area contributed by atoms with E-state index < -0.39 is 10.8 Å². The first-order valence-corrected chi connectivity index (χ1v) is 2.95. The van der Waals surface area contributed by atoms with Crippen LogP contribution in [0.2, 0.25) is 0 Å². The van der Waals surface area contributed by atoms with Gasteiger partial charge in [-0.3, -0.25) is 4.21 Å². The molecule has 0 aromatic rings. The van der Waals surface area contributed by atoms with E-state index in [1.807, 2.05) is 0 Å². The second-order valence-electron chi connectivity index (χ2n) is 0.742. The van der Waals surface area contributed by atoms with E-state index in [2.05, 4.69) is 0 Å². The van der Waals surface area contributed by atoms with Gasteiger partial charge in [0.05, 0.1) is 0 Å². The van der Waals surface area contributed by atoms with E-state index in [0.717, 1.165) is 0 Å². The van der Waals surface area contributed by atoms with Crippen molar-refractivity contribution < 1.29 is 4.21 Å². The van der Waals surface area contributed by atoms with Crippen molar-refractivity contribution in [3.05, 3.63) is 0 Å². The number of hydrogen-bond acceptors (Lipinski definition) is 1. The van der Waals surface area contributed by atoms with Crippen molar-refractivity contribution in [2.45, 2.75) is 0 Å². The summed E-state index contributed by atoms with van der Waals surface area (Å²) < 4.78 is 9.56. The maximum Gasteiger partial charge on any atom is 0.0148 e. The minimum Gasteiger partial charge on any atom is -0.260 e. The van der Waals surface area contributed by atoms with Gasteiger partial charge in [-0.25, -0.2) is 0 Å². The van der Waals surface area contributed by atoms with Gasteiger partial charge in [0.1, 0.15) is 0 Å². The van der Waals surface area contributed by atoms with E-state index in [1.54, 1.807) is 12.5 Å². The summed E-state index contributed by atoms with van der Waals surface area (Å²) in [5, 5.41) is 0. The first kappa shape index (κ1) is 9.22. The van der Waals surface area contributed by atoms with E-state index in [4.69, 9.17) is 0 Å². The monoisotopic (exact) mass is 85.0 g/mol. The second kappa shape index (κ2) is 4.75. The molecule has 27 valence electrons. The summed E-state index contributed by atoms with van der Waals surface area (Å²) in [6.07, 6.45) is 3.28. The fourth-order valence-corrected chi connectivity index (χ4v) is 0. The Morgan fingerprint density at radius 3 is 1.40 bits per heavy atom. The molecule has 0 atom stereocenters. The van der Waals surface area contributed by atoms with Crippen LogP contribution in [-0.2, 0) is 10.8 Å². The molecule has 1 nitrogen and oxygen atoms in total. The Bertz CT molecular complexity index is 32.6. The predicted molar refractivity (Wildman–Crippen MR) is 25.7 cm³/mol. The van der Waals surface area contributed by atoms with E-state index in [0.29, 0.717) is 0 Å². The summed E-state index contributed by atoms with van der Waals surface area (Å²) in [7, 11) is -0.611. The van der Waals surface area contributed by atoms with Crippen molar-refractivity contribution in [1.82, 2.24) is 0 Å². The van der Waals surface area contributed by atoms with Gasteiger partial charge in [0.25, 0.3) is 0 Å². The normalized spacial score (nSPS) is 7.00. The van der Waals surface area contributed by atoms with Crippen molar-refractivity contribution in [3.8, 4) is 0 Å². The topological polar surface area (TPSA) is 17.1 Å². The molecule has 0 saturated heterocycles. The van der Waals surface area contributed by atoms with Crippen molar-refractivity contribution in [2.24, 2.45) is 0 Å². The van der Waals surface area contributed by atoms with Crippen molar-refractivity contribution >= 4 is 29.7 Å². The molecule has 0 amide bonds. The van der Waals surface area contributed by atoms with E-state index in [9.17, 15) is 4.21 Å². The Morgan fingerprint density at radius 2 is 1.40 bits per heavy atom. The summed E-state index contributed by atoms with van der Waals surface area (Å²) >= 11 is 0. The van der Waals surface area contributed by atoms with Crippen LogP contribution in [-0.4, -0.2) is 35.6 Å². The van der Waals surface area contributed by atoms with Crippen LogP contribution in [0, 0.1) is 0 Å². The zero-order chi connectivity index (χ0) is 3.58. The predicted octanol–water partition coefficient (Wildman–Crippen LogP) is -0.386. The molecule has 0 spiro atoms. The van der Waals surface area contributed by atoms with Crippen LogP contribution in [0.3, 0.4) is 0 Å². The molecule has 0 aromatic heterocycles. The van der Waals surface area contributed by atoms with Gasteiger partial charge in [-0.15, -0.1) is 0 Å². The molecule has 0 saturated carbocycles. The third kappa shape index (κ3) is 64.1. The largest absolute Gasteiger partial charge is 0.260 e. The average Bonchev–Trinajstić information content (AvgIpc) is 0.811. The van der Waals surface area contributed by atoms with Crippen molar-refractivity contribution in [3.63, 3.8) is 0 Å². The Labute approximate surface area is 46.8 Å². The van der Waals surface area contributed by atoms with E-state index >= 15 is 0 Å². The minimum atomic E-state index is -0.611. The van der Waals surface area contributed by atoms with Crippen LogP contribution in [0.25, 0.3) is 0 Å². The third-order valence-corrected chi connectivity index (χ3v) is 0. The molecule has 0 aromatic carbocycles. The molecule has 0 aliphatic heterocycles. The fraction of sp³-hybridized carbons (Fsp3) is 1.00. The molecule has 0 bridgehead atoms. The molecule has 0 rings (SSSR count). The van der Waals surface area contributed by atoms with Crippen LogP contribution >= 0.6 is 0 Å². The van der Waals surface area contributed by atoms with Crippen LogP contribution < -0.4 is 0 Å². The van der Waals surface area contributed by atoms with Crippen molar-refractivity contribution in [2.75, 3.05) is 12.5 Å². The standard InChI is InChI=1S/C2H6OS.Li/c1-4(2)3;/h1-2H3;. The van der Waals surface area contributed by atoms with Gasteiger partial charge in [0, 0.05) is 42.2 Å². The first-order valence-electron chi connectivity index (χ1n) is 0.983. The molecule has 0 heterocycles. The third-order valence-electron chi connectivity index (χ3n) is 0. The zero-order valence-corrected chi connectivity index (χ0v) is 4.63. The summed E-state index contributed by atoms with van der Waals surface area (Å²) in [6, 6.07) is 0. The molecular weight excluding hydrogens is 79.0 g/mol. The molecule has 1 radical (unpaired) electrons. The SMILES string of the molecule is CS(C)=O.[Li]. The van der Waals surface area contributed by atoms with Gasteiger partial charge in [-0.1, -0.05) is 0 Å². The van der Waals surface area contributed by atoms with Crippen molar-refractivity contribution in [1.29, 1.82) is 0 Å². The second-order valence-corrected chi connectivity index (χ2v) is 2.22. The van der Waals surface area contributed by atoms with Crippen LogP contribution in [0.1, 0.15) is 0 Å². The molecule has 0 aliphatic rings. The first-order chi connectivity index (χ1) is 1.73. The molecular formula is C2H6LiOS. The smallest absolute Gasteiger partial charge is 0.0148 e.